The van der Waals surface area contributed by atoms with Crippen LogP contribution in [0.25, 0.3) is 11.5 Å². The van der Waals surface area contributed by atoms with Gasteiger partial charge >= 0.3 is 6.43 Å². The van der Waals surface area contributed by atoms with Gasteiger partial charge in [0.1, 0.15) is 5.82 Å². The molecule has 0 N–H and O–H groups in total. The fourth-order valence-electron chi connectivity index (χ4n) is 2.47. The van der Waals surface area contributed by atoms with Crippen molar-refractivity contribution in [3.63, 3.8) is 0 Å². The Morgan fingerprint density at radius 3 is 2.48 bits per heavy atom. The minimum absolute atomic E-state index is 0.127. The van der Waals surface area contributed by atoms with Crippen molar-refractivity contribution in [2.45, 2.75) is 26.8 Å². The summed E-state index contributed by atoms with van der Waals surface area (Å²) in [4.78, 5) is 4.15. The van der Waals surface area contributed by atoms with Gasteiger partial charge in [0.05, 0.1) is 29.2 Å². The van der Waals surface area contributed by atoms with Crippen molar-refractivity contribution >= 4 is 15.7 Å². The molecule has 7 nitrogen and oxygen atoms in total. The Kier molecular flexibility index (Phi) is 5.87. The molecule has 29 heavy (non-hydrogen) atoms. The van der Waals surface area contributed by atoms with E-state index in [1.165, 1.54) is 37.4 Å². The highest BCUT2D eigenvalue weighted by molar-refractivity contribution is 7.92. The summed E-state index contributed by atoms with van der Waals surface area (Å²) in [5.74, 6) is -1.63. The highest BCUT2D eigenvalue weighted by atomic mass is 32.2. The average Bonchev–Trinajstić information content (AvgIpc) is 3.19. The lowest BCUT2D eigenvalue weighted by atomic mass is 10.2. The molecule has 0 spiro atoms. The molecule has 2 aromatic heterocycles. The SMILES string of the molecule is CCS(=O)(=O)N(Cc1ccc(-c2nnc(C(F)F)o2)cn1)c1ccc(C)c(F)c1. The van der Waals surface area contributed by atoms with E-state index in [-0.39, 0.29) is 23.9 Å². The predicted octanol–water partition coefficient (Wildman–Crippen LogP) is 3.87. The van der Waals surface area contributed by atoms with Crippen LogP contribution in [0.3, 0.4) is 0 Å². The molecule has 0 unspecified atom stereocenters. The van der Waals surface area contributed by atoms with Crippen molar-refractivity contribution in [3.05, 3.63) is 59.5 Å². The van der Waals surface area contributed by atoms with Gasteiger partial charge in [0.15, 0.2) is 0 Å². The molecule has 154 valence electrons. The predicted molar refractivity (Wildman–Crippen MR) is 99.3 cm³/mol. The lowest BCUT2D eigenvalue weighted by Gasteiger charge is -2.24. The quantitative estimate of drug-likeness (QED) is 0.570. The van der Waals surface area contributed by atoms with E-state index >= 15 is 0 Å². The monoisotopic (exact) mass is 426 g/mol. The summed E-state index contributed by atoms with van der Waals surface area (Å²) in [5.41, 5.74) is 1.24. The number of aromatic nitrogens is 3. The van der Waals surface area contributed by atoms with E-state index in [0.717, 1.165) is 10.4 Å². The normalized spacial score (nSPS) is 11.8. The molecule has 0 atom stereocenters. The van der Waals surface area contributed by atoms with Gasteiger partial charge in [0, 0.05) is 6.20 Å². The summed E-state index contributed by atoms with van der Waals surface area (Å²) in [6.07, 6.45) is -1.57. The van der Waals surface area contributed by atoms with Gasteiger partial charge in [0.2, 0.25) is 15.9 Å². The summed E-state index contributed by atoms with van der Waals surface area (Å²) in [7, 11) is -3.71. The van der Waals surface area contributed by atoms with Crippen molar-refractivity contribution in [2.75, 3.05) is 10.1 Å². The Hall–Kier alpha value is -2.95. The molecular formula is C18H17F3N4O3S. The maximum Gasteiger partial charge on any atom is 0.314 e. The lowest BCUT2D eigenvalue weighted by molar-refractivity contribution is 0.116. The van der Waals surface area contributed by atoms with Crippen molar-refractivity contribution < 1.29 is 26.0 Å². The number of nitrogens with zero attached hydrogens (tertiary/aromatic N) is 4. The van der Waals surface area contributed by atoms with E-state index in [1.807, 2.05) is 0 Å². The van der Waals surface area contributed by atoms with Crippen molar-refractivity contribution in [1.82, 2.24) is 15.2 Å². The van der Waals surface area contributed by atoms with Crippen LogP contribution in [-0.4, -0.2) is 29.4 Å². The van der Waals surface area contributed by atoms with Gasteiger partial charge in [-0.2, -0.15) is 8.78 Å². The van der Waals surface area contributed by atoms with Gasteiger partial charge in [-0.15, -0.1) is 10.2 Å². The van der Waals surface area contributed by atoms with Crippen molar-refractivity contribution in [1.29, 1.82) is 0 Å². The van der Waals surface area contributed by atoms with Crippen LogP contribution < -0.4 is 4.31 Å². The Bertz CT molecular complexity index is 1100. The molecule has 11 heteroatoms. The second-order valence-corrected chi connectivity index (χ2v) is 8.31. The molecule has 3 aromatic rings. The first kappa shape index (κ1) is 20.8. The molecule has 0 aliphatic carbocycles. The number of rotatable bonds is 7. The second-order valence-electron chi connectivity index (χ2n) is 6.13. The molecule has 0 aliphatic heterocycles. The van der Waals surface area contributed by atoms with Crippen LogP contribution in [0, 0.1) is 12.7 Å². The highest BCUT2D eigenvalue weighted by Gasteiger charge is 2.23. The smallest absolute Gasteiger partial charge is 0.314 e. The molecule has 0 saturated carbocycles. The van der Waals surface area contributed by atoms with E-state index in [9.17, 15) is 21.6 Å². The van der Waals surface area contributed by atoms with Gasteiger partial charge < -0.3 is 4.42 Å². The Labute approximate surface area is 165 Å². The maximum absolute atomic E-state index is 14.0. The molecule has 0 saturated heterocycles. The topological polar surface area (TPSA) is 89.2 Å². The zero-order valence-corrected chi connectivity index (χ0v) is 16.3. The maximum atomic E-state index is 14.0. The summed E-state index contributed by atoms with van der Waals surface area (Å²) in [5, 5.41) is 6.78. The van der Waals surface area contributed by atoms with Crippen molar-refractivity contribution in [3.8, 4) is 11.5 Å². The van der Waals surface area contributed by atoms with Crippen LogP contribution in [0.5, 0.6) is 0 Å². The lowest BCUT2D eigenvalue weighted by Crippen LogP contribution is -2.32. The van der Waals surface area contributed by atoms with Crippen LogP contribution in [0.15, 0.2) is 40.9 Å². The molecule has 2 heterocycles. The van der Waals surface area contributed by atoms with Gasteiger partial charge in [0.25, 0.3) is 5.89 Å². The van der Waals surface area contributed by atoms with E-state index in [2.05, 4.69) is 15.2 Å². The molecule has 1 aromatic carbocycles. The third kappa shape index (κ3) is 4.56. The number of halogens is 3. The van der Waals surface area contributed by atoms with Gasteiger partial charge in [-0.3, -0.25) is 9.29 Å². The molecule has 0 amide bonds. The summed E-state index contributed by atoms with van der Waals surface area (Å²) >= 11 is 0. The molecule has 0 fully saturated rings. The van der Waals surface area contributed by atoms with Crippen LogP contribution in [0.1, 0.15) is 30.5 Å². The Balaban J connectivity index is 1.88. The first-order valence-corrected chi connectivity index (χ1v) is 10.2. The number of benzene rings is 1. The van der Waals surface area contributed by atoms with E-state index in [1.54, 1.807) is 6.92 Å². The summed E-state index contributed by atoms with van der Waals surface area (Å²) in [6.45, 7) is 2.93. The first-order valence-electron chi connectivity index (χ1n) is 8.54. The van der Waals surface area contributed by atoms with Crippen LogP contribution in [-0.2, 0) is 16.6 Å². The number of hydrogen-bond donors (Lipinski definition) is 0. The largest absolute Gasteiger partial charge is 0.415 e. The highest BCUT2D eigenvalue weighted by Crippen LogP contribution is 2.25. The number of hydrogen-bond acceptors (Lipinski definition) is 6. The Morgan fingerprint density at radius 1 is 1.17 bits per heavy atom. The number of pyridine rings is 1. The average molecular weight is 426 g/mol. The zero-order valence-electron chi connectivity index (χ0n) is 15.5. The van der Waals surface area contributed by atoms with Crippen LogP contribution >= 0.6 is 0 Å². The third-order valence-corrected chi connectivity index (χ3v) is 5.89. The number of alkyl halides is 2. The molecular weight excluding hydrogens is 409 g/mol. The van der Waals surface area contributed by atoms with Gasteiger partial charge in [-0.1, -0.05) is 6.07 Å². The standard InChI is InChI=1S/C18H17F3N4O3S/c1-3-29(26,27)25(14-7-4-11(2)15(19)8-14)10-13-6-5-12(9-22-13)17-23-24-18(28-17)16(20)21/h4-9,16H,3,10H2,1-2H3. The Morgan fingerprint density at radius 2 is 1.93 bits per heavy atom. The molecule has 0 bridgehead atoms. The van der Waals surface area contributed by atoms with E-state index < -0.39 is 28.2 Å². The number of sulfonamides is 1. The first-order chi connectivity index (χ1) is 13.7. The summed E-state index contributed by atoms with van der Waals surface area (Å²) < 4.78 is 70.1. The number of anilines is 1. The molecule has 0 aliphatic rings. The molecule has 0 radical (unpaired) electrons. The van der Waals surface area contributed by atoms with Gasteiger partial charge in [-0.05, 0) is 43.7 Å². The summed E-state index contributed by atoms with van der Waals surface area (Å²) in [6, 6.07) is 7.17. The van der Waals surface area contributed by atoms with E-state index in [4.69, 9.17) is 4.42 Å². The fraction of sp³-hybridized carbons (Fsp3) is 0.278. The minimum Gasteiger partial charge on any atom is -0.415 e. The second kappa shape index (κ2) is 8.19. The van der Waals surface area contributed by atoms with Crippen molar-refractivity contribution in [2.24, 2.45) is 0 Å². The van der Waals surface area contributed by atoms with E-state index in [0.29, 0.717) is 16.8 Å². The minimum atomic E-state index is -3.71. The third-order valence-electron chi connectivity index (χ3n) is 4.15. The van der Waals surface area contributed by atoms with Crippen LogP contribution in [0.4, 0.5) is 18.9 Å². The zero-order chi connectivity index (χ0) is 21.2. The number of aryl methyl sites for hydroxylation is 1. The van der Waals surface area contributed by atoms with Crippen LogP contribution in [0.2, 0.25) is 0 Å². The fourth-order valence-corrected chi connectivity index (χ4v) is 3.55. The van der Waals surface area contributed by atoms with Gasteiger partial charge in [-0.25, -0.2) is 12.8 Å². The molecule has 3 rings (SSSR count).